The molecular formula is C14H16N2O4. The van der Waals surface area contributed by atoms with Crippen LogP contribution in [0.2, 0.25) is 0 Å². The standard InChI is InChI=1S/C14H16N2O4/c1-8-12(14(17)20-4)16-13(15-8)10-6-5-9(18-2)7-11(10)19-3/h5-7H,1-4H3,(H,15,16). The summed E-state index contributed by atoms with van der Waals surface area (Å²) in [6.45, 7) is 1.76. The second-order valence-corrected chi connectivity index (χ2v) is 4.12. The minimum atomic E-state index is -0.475. The van der Waals surface area contributed by atoms with E-state index < -0.39 is 5.97 Å². The molecule has 0 spiro atoms. The molecule has 0 aliphatic rings. The van der Waals surface area contributed by atoms with Gasteiger partial charge in [0.25, 0.3) is 0 Å². The normalized spacial score (nSPS) is 10.2. The first-order valence-electron chi connectivity index (χ1n) is 5.98. The van der Waals surface area contributed by atoms with Gasteiger partial charge < -0.3 is 19.2 Å². The monoisotopic (exact) mass is 276 g/mol. The van der Waals surface area contributed by atoms with Gasteiger partial charge in [-0.2, -0.15) is 0 Å². The Bertz CT molecular complexity index is 634. The van der Waals surface area contributed by atoms with Crippen molar-refractivity contribution >= 4 is 5.97 Å². The Balaban J connectivity index is 2.49. The van der Waals surface area contributed by atoms with Crippen molar-refractivity contribution in [2.45, 2.75) is 6.92 Å². The molecule has 20 heavy (non-hydrogen) atoms. The second kappa shape index (κ2) is 5.64. The number of rotatable bonds is 4. The van der Waals surface area contributed by atoms with Gasteiger partial charge in [-0.25, -0.2) is 9.78 Å². The minimum Gasteiger partial charge on any atom is -0.497 e. The summed E-state index contributed by atoms with van der Waals surface area (Å²) < 4.78 is 15.2. The van der Waals surface area contributed by atoms with Gasteiger partial charge in [0.1, 0.15) is 17.3 Å². The predicted molar refractivity (Wildman–Crippen MR) is 73.2 cm³/mol. The van der Waals surface area contributed by atoms with Crippen LogP contribution < -0.4 is 9.47 Å². The Kier molecular flexibility index (Phi) is 3.93. The van der Waals surface area contributed by atoms with Crippen molar-refractivity contribution in [3.63, 3.8) is 0 Å². The van der Waals surface area contributed by atoms with Gasteiger partial charge in [0.05, 0.1) is 26.9 Å². The Morgan fingerprint density at radius 1 is 1.20 bits per heavy atom. The zero-order chi connectivity index (χ0) is 14.7. The fourth-order valence-corrected chi connectivity index (χ4v) is 1.88. The zero-order valence-corrected chi connectivity index (χ0v) is 11.8. The number of nitrogens with zero attached hydrogens (tertiary/aromatic N) is 1. The van der Waals surface area contributed by atoms with E-state index in [-0.39, 0.29) is 5.69 Å². The number of ether oxygens (including phenoxy) is 3. The summed E-state index contributed by atoms with van der Waals surface area (Å²) in [6, 6.07) is 5.37. The molecule has 0 aliphatic heterocycles. The molecule has 0 amide bonds. The van der Waals surface area contributed by atoms with Crippen LogP contribution in [0.4, 0.5) is 0 Å². The van der Waals surface area contributed by atoms with Crippen molar-refractivity contribution in [2.24, 2.45) is 0 Å². The molecule has 1 aromatic carbocycles. The van der Waals surface area contributed by atoms with E-state index >= 15 is 0 Å². The van der Waals surface area contributed by atoms with Crippen molar-refractivity contribution < 1.29 is 19.0 Å². The van der Waals surface area contributed by atoms with Gasteiger partial charge in [-0.05, 0) is 19.1 Å². The lowest BCUT2D eigenvalue weighted by molar-refractivity contribution is 0.0594. The summed E-state index contributed by atoms with van der Waals surface area (Å²) in [5.41, 5.74) is 1.65. The molecule has 0 saturated heterocycles. The number of benzene rings is 1. The van der Waals surface area contributed by atoms with Gasteiger partial charge in [0.15, 0.2) is 5.69 Å². The van der Waals surface area contributed by atoms with E-state index in [1.54, 1.807) is 33.3 Å². The molecule has 6 nitrogen and oxygen atoms in total. The lowest BCUT2D eigenvalue weighted by Gasteiger charge is -2.08. The van der Waals surface area contributed by atoms with Crippen molar-refractivity contribution in [2.75, 3.05) is 21.3 Å². The van der Waals surface area contributed by atoms with Crippen molar-refractivity contribution in [1.29, 1.82) is 0 Å². The lowest BCUT2D eigenvalue weighted by Crippen LogP contribution is -2.03. The van der Waals surface area contributed by atoms with Crippen LogP contribution in [0.15, 0.2) is 18.2 Å². The number of carbonyl (C=O) groups excluding carboxylic acids is 1. The van der Waals surface area contributed by atoms with Crippen molar-refractivity contribution in [3.05, 3.63) is 29.6 Å². The Hall–Kier alpha value is -2.50. The molecule has 1 heterocycles. The molecule has 1 aromatic heterocycles. The van der Waals surface area contributed by atoms with E-state index in [4.69, 9.17) is 9.47 Å². The van der Waals surface area contributed by atoms with Crippen LogP contribution in [-0.4, -0.2) is 37.3 Å². The molecule has 0 atom stereocenters. The van der Waals surface area contributed by atoms with Gasteiger partial charge in [-0.15, -0.1) is 0 Å². The number of esters is 1. The Labute approximate surface area is 116 Å². The Morgan fingerprint density at radius 2 is 1.95 bits per heavy atom. The van der Waals surface area contributed by atoms with E-state index in [1.165, 1.54) is 7.11 Å². The maximum atomic E-state index is 11.6. The number of aromatic nitrogens is 2. The van der Waals surface area contributed by atoms with E-state index in [1.807, 2.05) is 6.07 Å². The van der Waals surface area contributed by atoms with Crippen LogP contribution in [0.3, 0.4) is 0 Å². The molecule has 1 N–H and O–H groups in total. The van der Waals surface area contributed by atoms with Crippen LogP contribution >= 0.6 is 0 Å². The number of hydrogen-bond acceptors (Lipinski definition) is 5. The molecule has 0 fully saturated rings. The summed E-state index contributed by atoms with van der Waals surface area (Å²) in [4.78, 5) is 18.9. The number of nitrogens with one attached hydrogen (secondary N) is 1. The van der Waals surface area contributed by atoms with Gasteiger partial charge in [0.2, 0.25) is 0 Å². The SMILES string of the molecule is COC(=O)c1nc(-c2ccc(OC)cc2OC)[nH]c1C. The third kappa shape index (κ3) is 2.45. The van der Waals surface area contributed by atoms with Crippen LogP contribution in [0.1, 0.15) is 16.2 Å². The lowest BCUT2D eigenvalue weighted by atomic mass is 10.2. The van der Waals surface area contributed by atoms with E-state index in [0.717, 1.165) is 5.56 Å². The van der Waals surface area contributed by atoms with Crippen LogP contribution in [-0.2, 0) is 4.74 Å². The zero-order valence-electron chi connectivity index (χ0n) is 11.8. The van der Waals surface area contributed by atoms with Crippen molar-refractivity contribution in [1.82, 2.24) is 9.97 Å². The molecule has 0 bridgehead atoms. The number of methoxy groups -OCH3 is 3. The first-order valence-corrected chi connectivity index (χ1v) is 5.98. The summed E-state index contributed by atoms with van der Waals surface area (Å²) >= 11 is 0. The highest BCUT2D eigenvalue weighted by Gasteiger charge is 2.18. The molecule has 106 valence electrons. The maximum absolute atomic E-state index is 11.6. The van der Waals surface area contributed by atoms with Crippen LogP contribution in [0, 0.1) is 6.92 Å². The second-order valence-electron chi connectivity index (χ2n) is 4.12. The number of carbonyl (C=O) groups is 1. The fourth-order valence-electron chi connectivity index (χ4n) is 1.88. The summed E-state index contributed by atoms with van der Waals surface area (Å²) in [6.07, 6.45) is 0. The largest absolute Gasteiger partial charge is 0.497 e. The van der Waals surface area contributed by atoms with Crippen molar-refractivity contribution in [3.8, 4) is 22.9 Å². The third-order valence-electron chi connectivity index (χ3n) is 2.93. The molecule has 0 unspecified atom stereocenters. The summed E-state index contributed by atoms with van der Waals surface area (Å²) in [7, 11) is 4.47. The van der Waals surface area contributed by atoms with Crippen LogP contribution in [0.5, 0.6) is 11.5 Å². The molecule has 2 aromatic rings. The molecule has 6 heteroatoms. The van der Waals surface area contributed by atoms with E-state index in [0.29, 0.717) is 23.0 Å². The highest BCUT2D eigenvalue weighted by molar-refractivity contribution is 5.89. The Morgan fingerprint density at radius 3 is 2.55 bits per heavy atom. The predicted octanol–water partition coefficient (Wildman–Crippen LogP) is 2.19. The van der Waals surface area contributed by atoms with E-state index in [2.05, 4.69) is 14.7 Å². The fraction of sp³-hybridized carbons (Fsp3) is 0.286. The number of aromatic amines is 1. The van der Waals surface area contributed by atoms with Gasteiger partial charge in [0, 0.05) is 11.8 Å². The number of imidazole rings is 1. The average Bonchev–Trinajstić information content (AvgIpc) is 2.87. The summed E-state index contributed by atoms with van der Waals surface area (Å²) in [5.74, 6) is 1.36. The number of aryl methyl sites for hydroxylation is 1. The number of hydrogen-bond donors (Lipinski definition) is 1. The molecule has 0 saturated carbocycles. The third-order valence-corrected chi connectivity index (χ3v) is 2.93. The number of H-pyrrole nitrogens is 1. The smallest absolute Gasteiger partial charge is 0.358 e. The van der Waals surface area contributed by atoms with Gasteiger partial charge in [-0.1, -0.05) is 0 Å². The average molecular weight is 276 g/mol. The first kappa shape index (κ1) is 13.9. The molecule has 0 aliphatic carbocycles. The topological polar surface area (TPSA) is 73.4 Å². The highest BCUT2D eigenvalue weighted by Crippen LogP contribution is 2.32. The quantitative estimate of drug-likeness (QED) is 0.866. The first-order chi connectivity index (χ1) is 9.60. The highest BCUT2D eigenvalue weighted by atomic mass is 16.5. The summed E-state index contributed by atoms with van der Waals surface area (Å²) in [5, 5.41) is 0. The maximum Gasteiger partial charge on any atom is 0.358 e. The minimum absolute atomic E-state index is 0.264. The van der Waals surface area contributed by atoms with Gasteiger partial charge >= 0.3 is 5.97 Å². The molecular weight excluding hydrogens is 260 g/mol. The van der Waals surface area contributed by atoms with Crippen LogP contribution in [0.25, 0.3) is 11.4 Å². The van der Waals surface area contributed by atoms with Gasteiger partial charge in [-0.3, -0.25) is 0 Å². The van der Waals surface area contributed by atoms with E-state index in [9.17, 15) is 4.79 Å². The molecule has 0 radical (unpaired) electrons. The molecule has 2 rings (SSSR count).